The molecule has 1 spiro atoms. The Morgan fingerprint density at radius 3 is 2.88 bits per heavy atom. The lowest BCUT2D eigenvalue weighted by Crippen LogP contribution is -2.45. The molecule has 26 heavy (non-hydrogen) atoms. The Morgan fingerprint density at radius 2 is 2.19 bits per heavy atom. The molecule has 3 aliphatic rings. The number of amides is 2. The van der Waals surface area contributed by atoms with Crippen LogP contribution in [0.3, 0.4) is 0 Å². The summed E-state index contributed by atoms with van der Waals surface area (Å²) in [6.45, 7) is 1.66. The quantitative estimate of drug-likeness (QED) is 0.756. The van der Waals surface area contributed by atoms with E-state index in [1.54, 1.807) is 13.3 Å². The Bertz CT molecular complexity index is 730. The molecule has 0 aromatic carbocycles. The Hall–Kier alpha value is -2.35. The van der Waals surface area contributed by atoms with Crippen LogP contribution in [0.4, 0.5) is 10.5 Å². The highest BCUT2D eigenvalue weighted by Gasteiger charge is 2.50. The predicted molar refractivity (Wildman–Crippen MR) is 94.5 cm³/mol. The summed E-state index contributed by atoms with van der Waals surface area (Å²) in [7, 11) is 1.58. The minimum Gasteiger partial charge on any atom is -0.481 e. The molecule has 2 amide bonds. The molecule has 3 N–H and O–H groups in total. The van der Waals surface area contributed by atoms with Crippen LogP contribution < -0.4 is 15.4 Å². The van der Waals surface area contributed by atoms with Gasteiger partial charge in [0.1, 0.15) is 0 Å². The molecule has 1 saturated carbocycles. The molecule has 1 atom stereocenters. The minimum atomic E-state index is -0.957. The van der Waals surface area contributed by atoms with Crippen LogP contribution in [-0.4, -0.2) is 59.3 Å². The Balaban J connectivity index is 1.46. The maximum absolute atomic E-state index is 12.7. The van der Waals surface area contributed by atoms with Gasteiger partial charge in [0, 0.05) is 31.2 Å². The van der Waals surface area contributed by atoms with E-state index in [2.05, 4.69) is 20.5 Å². The van der Waals surface area contributed by atoms with E-state index in [1.165, 1.54) is 0 Å². The molecule has 8 heteroatoms. The molecule has 0 unspecified atom stereocenters. The first-order valence-corrected chi connectivity index (χ1v) is 9.11. The van der Waals surface area contributed by atoms with Crippen molar-refractivity contribution >= 4 is 17.7 Å². The van der Waals surface area contributed by atoms with Crippen molar-refractivity contribution in [2.24, 2.45) is 0 Å². The number of methoxy groups -OCH3 is 1. The van der Waals surface area contributed by atoms with E-state index in [0.29, 0.717) is 11.9 Å². The first-order valence-electron chi connectivity index (χ1n) is 9.11. The summed E-state index contributed by atoms with van der Waals surface area (Å²) in [5.41, 5.74) is 1.31. The average molecular weight is 360 g/mol. The highest BCUT2D eigenvalue weighted by atomic mass is 16.5. The summed E-state index contributed by atoms with van der Waals surface area (Å²) in [6, 6.07) is 2.30. The molecular formula is C18H24N4O4. The predicted octanol–water partition coefficient (Wildman–Crippen LogP) is 1.56. The lowest BCUT2D eigenvalue weighted by molar-refractivity contribution is -0.122. The van der Waals surface area contributed by atoms with Gasteiger partial charge in [-0.3, -0.25) is 9.69 Å². The van der Waals surface area contributed by atoms with E-state index in [-0.39, 0.29) is 11.9 Å². The summed E-state index contributed by atoms with van der Waals surface area (Å²) in [4.78, 5) is 30.1. The van der Waals surface area contributed by atoms with Crippen molar-refractivity contribution in [2.75, 3.05) is 25.5 Å². The number of hydrogen-bond acceptors (Lipinski definition) is 5. The molecule has 140 valence electrons. The lowest BCUT2D eigenvalue weighted by Gasteiger charge is -2.39. The number of nitrogens with one attached hydrogen (secondary N) is 2. The summed E-state index contributed by atoms with van der Waals surface area (Å²) in [6.07, 6.45) is 5.00. The van der Waals surface area contributed by atoms with E-state index >= 15 is 0 Å². The van der Waals surface area contributed by atoms with Crippen LogP contribution in [0.2, 0.25) is 0 Å². The van der Waals surface area contributed by atoms with Crippen molar-refractivity contribution in [3.8, 4) is 5.88 Å². The lowest BCUT2D eigenvalue weighted by atomic mass is 9.69. The number of fused-ring (bicyclic) bond motifs is 2. The fraction of sp³-hybridized carbons (Fsp3) is 0.611. The number of aromatic nitrogens is 1. The van der Waals surface area contributed by atoms with Crippen LogP contribution >= 0.6 is 0 Å². The minimum absolute atomic E-state index is 0.00854. The molecule has 1 aromatic rings. The Labute approximate surface area is 151 Å². The number of likely N-dealkylation sites (tertiary alicyclic amines) is 1. The number of ether oxygens (including phenoxy) is 1. The number of nitrogens with zero attached hydrogens (tertiary/aromatic N) is 2. The van der Waals surface area contributed by atoms with Crippen molar-refractivity contribution in [1.29, 1.82) is 0 Å². The van der Waals surface area contributed by atoms with Gasteiger partial charge in [0.15, 0.2) is 0 Å². The maximum atomic E-state index is 12.7. The first-order chi connectivity index (χ1) is 12.5. The molecular weight excluding hydrogens is 336 g/mol. The third kappa shape index (κ3) is 2.78. The van der Waals surface area contributed by atoms with Gasteiger partial charge in [-0.1, -0.05) is 0 Å². The molecule has 1 aromatic heterocycles. The highest BCUT2D eigenvalue weighted by molar-refractivity contribution is 6.06. The van der Waals surface area contributed by atoms with Crippen molar-refractivity contribution in [3.05, 3.63) is 17.8 Å². The third-order valence-electron chi connectivity index (χ3n) is 6.16. The van der Waals surface area contributed by atoms with Crippen molar-refractivity contribution in [3.63, 3.8) is 0 Å². The van der Waals surface area contributed by atoms with E-state index in [9.17, 15) is 9.59 Å². The van der Waals surface area contributed by atoms with Gasteiger partial charge >= 0.3 is 6.09 Å². The molecule has 1 saturated heterocycles. The van der Waals surface area contributed by atoms with Crippen LogP contribution in [0.25, 0.3) is 0 Å². The normalized spacial score (nSPS) is 30.9. The Kier molecular flexibility index (Phi) is 4.22. The fourth-order valence-corrected chi connectivity index (χ4v) is 4.78. The van der Waals surface area contributed by atoms with Crippen LogP contribution in [0, 0.1) is 0 Å². The van der Waals surface area contributed by atoms with Gasteiger partial charge in [-0.25, -0.2) is 9.78 Å². The molecule has 2 aliphatic heterocycles. The number of rotatable bonds is 3. The Morgan fingerprint density at radius 1 is 1.42 bits per heavy atom. The van der Waals surface area contributed by atoms with Gasteiger partial charge in [-0.05, 0) is 37.7 Å². The number of anilines is 1. The molecule has 1 aliphatic carbocycles. The first kappa shape index (κ1) is 17.1. The van der Waals surface area contributed by atoms with Gasteiger partial charge in [-0.2, -0.15) is 0 Å². The van der Waals surface area contributed by atoms with E-state index in [1.807, 2.05) is 6.07 Å². The molecule has 3 heterocycles. The zero-order valence-electron chi connectivity index (χ0n) is 14.8. The monoisotopic (exact) mass is 360 g/mol. The summed E-state index contributed by atoms with van der Waals surface area (Å²) in [5.74, 6) is 0.594. The standard InChI is InChI=1S/C18H24N4O4/c1-26-15-8-13-14(9-19-15)21-16(23)18(13)5-2-12(3-6-18)22-7-4-11(10-22)20-17(24)25/h8-9,11-12,20H,2-7,10H2,1H3,(H,21,23)(H,24,25)/t11-,12?,18?/m0/s1. The van der Waals surface area contributed by atoms with Gasteiger partial charge in [0.2, 0.25) is 11.8 Å². The summed E-state index contributed by atoms with van der Waals surface area (Å²) in [5, 5.41) is 14.4. The number of carbonyl (C=O) groups excluding carboxylic acids is 1. The topological polar surface area (TPSA) is 104 Å². The third-order valence-corrected chi connectivity index (χ3v) is 6.16. The fourth-order valence-electron chi connectivity index (χ4n) is 4.78. The summed E-state index contributed by atoms with van der Waals surface area (Å²) < 4.78 is 5.24. The molecule has 0 radical (unpaired) electrons. The van der Waals surface area contributed by atoms with Crippen LogP contribution in [-0.2, 0) is 10.2 Å². The van der Waals surface area contributed by atoms with Gasteiger partial charge in [0.05, 0.1) is 24.4 Å². The smallest absolute Gasteiger partial charge is 0.404 e. The number of hydrogen-bond donors (Lipinski definition) is 3. The molecule has 8 nitrogen and oxygen atoms in total. The molecule has 0 bridgehead atoms. The van der Waals surface area contributed by atoms with Crippen molar-refractivity contribution < 1.29 is 19.4 Å². The second-order valence-electron chi connectivity index (χ2n) is 7.47. The SMILES string of the molecule is COc1cc2c(cn1)NC(=O)C21CCC(N2CC[C@H](NC(=O)O)C2)CC1. The van der Waals surface area contributed by atoms with E-state index in [0.717, 1.165) is 56.4 Å². The summed E-state index contributed by atoms with van der Waals surface area (Å²) >= 11 is 0. The van der Waals surface area contributed by atoms with E-state index < -0.39 is 11.5 Å². The number of carboxylic acid groups (broad SMARTS) is 1. The maximum Gasteiger partial charge on any atom is 0.404 e. The molecule has 4 rings (SSSR count). The second kappa shape index (κ2) is 6.42. The molecule has 2 fully saturated rings. The zero-order valence-corrected chi connectivity index (χ0v) is 14.8. The van der Waals surface area contributed by atoms with Crippen LogP contribution in [0.5, 0.6) is 5.88 Å². The average Bonchev–Trinajstić information content (AvgIpc) is 3.19. The van der Waals surface area contributed by atoms with Crippen LogP contribution in [0.1, 0.15) is 37.7 Å². The van der Waals surface area contributed by atoms with Crippen molar-refractivity contribution in [1.82, 2.24) is 15.2 Å². The number of pyridine rings is 1. The van der Waals surface area contributed by atoms with E-state index in [4.69, 9.17) is 9.84 Å². The second-order valence-corrected chi connectivity index (χ2v) is 7.47. The highest BCUT2D eigenvalue weighted by Crippen LogP contribution is 2.48. The van der Waals surface area contributed by atoms with Gasteiger partial charge < -0.3 is 20.5 Å². The van der Waals surface area contributed by atoms with Gasteiger partial charge in [0.25, 0.3) is 0 Å². The number of carbonyl (C=O) groups is 2. The zero-order chi connectivity index (χ0) is 18.3. The van der Waals surface area contributed by atoms with Gasteiger partial charge in [-0.15, -0.1) is 0 Å². The van der Waals surface area contributed by atoms with Crippen LogP contribution in [0.15, 0.2) is 12.3 Å². The van der Waals surface area contributed by atoms with Crippen molar-refractivity contribution in [2.45, 2.75) is 49.6 Å². The largest absolute Gasteiger partial charge is 0.481 e.